The van der Waals surface area contributed by atoms with E-state index in [1.165, 1.54) is 24.3 Å². The number of hydrogen-bond acceptors (Lipinski definition) is 2. The molecule has 0 aliphatic heterocycles. The van der Waals surface area contributed by atoms with Gasteiger partial charge in [-0.1, -0.05) is 0 Å². The number of fused-ring (bicyclic) bond motifs is 1. The molecule has 0 aliphatic rings. The number of nitrogens with zero attached hydrogens (tertiary/aromatic N) is 2. The quantitative estimate of drug-likeness (QED) is 0.691. The predicted molar refractivity (Wildman–Crippen MR) is 80.7 cm³/mol. The molecule has 3 rings (SSSR count). The van der Waals surface area contributed by atoms with E-state index in [1.54, 1.807) is 18.5 Å². The summed E-state index contributed by atoms with van der Waals surface area (Å²) in [4.78, 5) is 15.1. The van der Waals surface area contributed by atoms with Crippen LogP contribution in [0, 0.1) is 9.39 Å². The first-order chi connectivity index (χ1) is 9.56. The first kappa shape index (κ1) is 13.0. The highest BCUT2D eigenvalue weighted by Crippen LogP contribution is 2.23. The summed E-state index contributed by atoms with van der Waals surface area (Å²) in [6, 6.07) is 9.24. The third-order valence-corrected chi connectivity index (χ3v) is 3.83. The van der Waals surface area contributed by atoms with Crippen LogP contribution < -0.4 is 0 Å². The average molecular weight is 382 g/mol. The SMILES string of the molecule is O=C(O)c1ccc2c(c1)ncn2-c1ccc(F)cc1I. The Balaban J connectivity index is 2.20. The van der Waals surface area contributed by atoms with Gasteiger partial charge in [-0.15, -0.1) is 0 Å². The number of carboxylic acids is 1. The van der Waals surface area contributed by atoms with Crippen molar-refractivity contribution in [2.75, 3.05) is 0 Å². The van der Waals surface area contributed by atoms with Crippen molar-refractivity contribution in [2.45, 2.75) is 0 Å². The van der Waals surface area contributed by atoms with Crippen molar-refractivity contribution in [3.63, 3.8) is 0 Å². The third kappa shape index (κ3) is 2.15. The lowest BCUT2D eigenvalue weighted by Crippen LogP contribution is -1.98. The minimum Gasteiger partial charge on any atom is -0.478 e. The first-order valence-electron chi connectivity index (χ1n) is 5.72. The van der Waals surface area contributed by atoms with Crippen LogP contribution in [0.25, 0.3) is 16.7 Å². The molecule has 0 fully saturated rings. The van der Waals surface area contributed by atoms with Gasteiger partial charge in [0.2, 0.25) is 0 Å². The summed E-state index contributed by atoms with van der Waals surface area (Å²) >= 11 is 2.05. The first-order valence-corrected chi connectivity index (χ1v) is 6.80. The largest absolute Gasteiger partial charge is 0.478 e. The van der Waals surface area contributed by atoms with Crippen LogP contribution in [-0.2, 0) is 0 Å². The molecule has 0 aliphatic carbocycles. The molecule has 1 heterocycles. The van der Waals surface area contributed by atoms with Gasteiger partial charge in [0.15, 0.2) is 0 Å². The van der Waals surface area contributed by atoms with Crippen molar-refractivity contribution in [2.24, 2.45) is 0 Å². The maximum absolute atomic E-state index is 13.1. The smallest absolute Gasteiger partial charge is 0.335 e. The molecule has 6 heteroatoms. The minimum absolute atomic E-state index is 0.191. The highest BCUT2D eigenvalue weighted by molar-refractivity contribution is 14.1. The van der Waals surface area contributed by atoms with Gasteiger partial charge >= 0.3 is 5.97 Å². The normalized spacial score (nSPS) is 10.9. The fraction of sp³-hybridized carbons (Fsp3) is 0. The Kier molecular flexibility index (Phi) is 3.17. The molecule has 0 amide bonds. The summed E-state index contributed by atoms with van der Waals surface area (Å²) in [5, 5.41) is 8.97. The molecule has 0 spiro atoms. The Labute approximate surface area is 127 Å². The molecular weight excluding hydrogens is 374 g/mol. The fourth-order valence-corrected chi connectivity index (χ4v) is 2.75. The van der Waals surface area contributed by atoms with E-state index >= 15 is 0 Å². The molecule has 3 aromatic rings. The number of carboxylic acid groups (broad SMARTS) is 1. The number of hydrogen-bond donors (Lipinski definition) is 1. The number of rotatable bonds is 2. The van der Waals surface area contributed by atoms with Crippen LogP contribution in [0.5, 0.6) is 0 Å². The second-order valence-electron chi connectivity index (χ2n) is 4.22. The maximum Gasteiger partial charge on any atom is 0.335 e. The van der Waals surface area contributed by atoms with Gasteiger partial charge in [0.25, 0.3) is 0 Å². The van der Waals surface area contributed by atoms with Gasteiger partial charge < -0.3 is 5.11 Å². The Bertz CT molecular complexity index is 829. The zero-order valence-electron chi connectivity index (χ0n) is 10.0. The van der Waals surface area contributed by atoms with E-state index in [2.05, 4.69) is 27.6 Å². The standard InChI is InChI=1S/C14H8FIN2O2/c15-9-2-4-12(10(16)6-9)18-7-17-11-5-8(14(19)20)1-3-13(11)18/h1-7H,(H,19,20). The Morgan fingerprint density at radius 1 is 1.25 bits per heavy atom. The zero-order chi connectivity index (χ0) is 14.3. The van der Waals surface area contributed by atoms with Crippen LogP contribution >= 0.6 is 22.6 Å². The van der Waals surface area contributed by atoms with E-state index < -0.39 is 5.97 Å². The van der Waals surface area contributed by atoms with Crippen LogP contribution in [0.15, 0.2) is 42.7 Å². The summed E-state index contributed by atoms with van der Waals surface area (Å²) < 4.78 is 15.7. The molecule has 0 saturated heterocycles. The average Bonchev–Trinajstić information content (AvgIpc) is 2.81. The molecule has 20 heavy (non-hydrogen) atoms. The summed E-state index contributed by atoms with van der Waals surface area (Å²) in [6.07, 6.45) is 1.60. The van der Waals surface area contributed by atoms with Gasteiger partial charge in [0.1, 0.15) is 12.1 Å². The van der Waals surface area contributed by atoms with Gasteiger partial charge in [-0.05, 0) is 59.0 Å². The number of carbonyl (C=O) groups is 1. The van der Waals surface area contributed by atoms with Crippen molar-refractivity contribution in [3.05, 3.63) is 57.7 Å². The molecule has 0 saturated carbocycles. The molecule has 0 atom stereocenters. The monoisotopic (exact) mass is 382 g/mol. The lowest BCUT2D eigenvalue weighted by Gasteiger charge is -2.07. The number of halogens is 2. The lowest BCUT2D eigenvalue weighted by molar-refractivity contribution is 0.0697. The van der Waals surface area contributed by atoms with E-state index in [9.17, 15) is 9.18 Å². The molecule has 0 bridgehead atoms. The molecule has 100 valence electrons. The highest BCUT2D eigenvalue weighted by Gasteiger charge is 2.11. The Morgan fingerprint density at radius 2 is 2.05 bits per heavy atom. The molecule has 0 unspecified atom stereocenters. The van der Waals surface area contributed by atoms with E-state index in [0.717, 1.165) is 14.8 Å². The van der Waals surface area contributed by atoms with E-state index in [-0.39, 0.29) is 11.4 Å². The third-order valence-electron chi connectivity index (χ3n) is 2.96. The fourth-order valence-electron chi connectivity index (χ4n) is 2.01. The van der Waals surface area contributed by atoms with Crippen molar-refractivity contribution >= 4 is 39.6 Å². The van der Waals surface area contributed by atoms with Gasteiger partial charge in [0.05, 0.1) is 22.3 Å². The summed E-state index contributed by atoms with van der Waals surface area (Å²) in [5.41, 5.74) is 2.36. The minimum atomic E-state index is -0.988. The maximum atomic E-state index is 13.1. The van der Waals surface area contributed by atoms with Gasteiger partial charge in [-0.2, -0.15) is 0 Å². The van der Waals surface area contributed by atoms with Gasteiger partial charge in [0, 0.05) is 3.57 Å². The van der Waals surface area contributed by atoms with E-state index in [0.29, 0.717) is 5.52 Å². The van der Waals surface area contributed by atoms with Gasteiger partial charge in [-0.25, -0.2) is 14.2 Å². The lowest BCUT2D eigenvalue weighted by atomic mass is 10.2. The second kappa shape index (κ2) is 4.86. The van der Waals surface area contributed by atoms with Crippen LogP contribution in [0.1, 0.15) is 10.4 Å². The van der Waals surface area contributed by atoms with Crippen LogP contribution in [0.3, 0.4) is 0 Å². The number of imidazole rings is 1. The van der Waals surface area contributed by atoms with E-state index in [1.807, 2.05) is 4.57 Å². The number of aromatic nitrogens is 2. The number of benzene rings is 2. The van der Waals surface area contributed by atoms with Crippen LogP contribution in [-0.4, -0.2) is 20.6 Å². The van der Waals surface area contributed by atoms with Gasteiger partial charge in [-0.3, -0.25) is 4.57 Å². The second-order valence-corrected chi connectivity index (χ2v) is 5.38. The summed E-state index contributed by atoms with van der Waals surface area (Å²) in [5.74, 6) is -1.28. The predicted octanol–water partition coefficient (Wildman–Crippen LogP) is 3.47. The van der Waals surface area contributed by atoms with Crippen molar-refractivity contribution < 1.29 is 14.3 Å². The van der Waals surface area contributed by atoms with Crippen molar-refractivity contribution in [1.29, 1.82) is 0 Å². The van der Waals surface area contributed by atoms with Crippen molar-refractivity contribution in [3.8, 4) is 5.69 Å². The van der Waals surface area contributed by atoms with E-state index in [4.69, 9.17) is 5.11 Å². The Hall–Kier alpha value is -1.96. The van der Waals surface area contributed by atoms with Crippen LogP contribution in [0.4, 0.5) is 4.39 Å². The highest BCUT2D eigenvalue weighted by atomic mass is 127. The molecule has 1 N–H and O–H groups in total. The number of aromatic carboxylic acids is 1. The topological polar surface area (TPSA) is 55.1 Å². The zero-order valence-corrected chi connectivity index (χ0v) is 12.2. The Morgan fingerprint density at radius 3 is 2.75 bits per heavy atom. The van der Waals surface area contributed by atoms with Crippen LogP contribution in [0.2, 0.25) is 0 Å². The molecular formula is C14H8FIN2O2. The molecule has 0 radical (unpaired) electrons. The molecule has 4 nitrogen and oxygen atoms in total. The molecule has 1 aromatic heterocycles. The summed E-state index contributed by atoms with van der Waals surface area (Å²) in [6.45, 7) is 0. The summed E-state index contributed by atoms with van der Waals surface area (Å²) in [7, 11) is 0. The molecule has 2 aromatic carbocycles. The van der Waals surface area contributed by atoms with Crippen molar-refractivity contribution in [1.82, 2.24) is 9.55 Å².